The molecule has 3 aromatic carbocycles. The van der Waals surface area contributed by atoms with Gasteiger partial charge in [0.05, 0.1) is 0 Å². The van der Waals surface area contributed by atoms with Gasteiger partial charge in [-0.1, -0.05) is 67.6 Å². The summed E-state index contributed by atoms with van der Waals surface area (Å²) in [6, 6.07) is 19.5. The van der Waals surface area contributed by atoms with Crippen molar-refractivity contribution in [2.45, 2.75) is 54.6 Å². The second-order valence-corrected chi connectivity index (χ2v) is 17.8. The molecule has 0 amide bonds. The number of fused-ring (bicyclic) bond motifs is 1. The second-order valence-electron chi connectivity index (χ2n) is 8.40. The van der Waals surface area contributed by atoms with Gasteiger partial charge in [0, 0.05) is 0 Å². The van der Waals surface area contributed by atoms with Crippen LogP contribution in [-0.4, -0.2) is 5.43 Å². The van der Waals surface area contributed by atoms with Gasteiger partial charge < -0.3 is 0 Å². The third-order valence-corrected chi connectivity index (χ3v) is 5.67. The van der Waals surface area contributed by atoms with Crippen molar-refractivity contribution in [3.63, 3.8) is 0 Å². The minimum absolute atomic E-state index is 0. The molecule has 4 rings (SSSR count). The summed E-state index contributed by atoms with van der Waals surface area (Å²) in [7, 11) is 0. The van der Waals surface area contributed by atoms with Crippen LogP contribution in [0, 0.1) is 25.8 Å². The summed E-state index contributed by atoms with van der Waals surface area (Å²) in [5.74, 6) is 0.560. The van der Waals surface area contributed by atoms with Crippen molar-refractivity contribution in [1.82, 2.24) is 0 Å². The van der Waals surface area contributed by atoms with E-state index in [0.717, 1.165) is 0 Å². The molecule has 1 unspecified atom stereocenters. The molecule has 0 saturated heterocycles. The van der Waals surface area contributed by atoms with Gasteiger partial charge in [0.1, 0.15) is 0 Å². The average molecular weight is 563 g/mol. The van der Waals surface area contributed by atoms with Gasteiger partial charge in [-0.2, -0.15) is 11.1 Å². The van der Waals surface area contributed by atoms with Crippen LogP contribution < -0.4 is 0 Å². The first kappa shape index (κ1) is 31.2. The van der Waals surface area contributed by atoms with Crippen LogP contribution in [0.25, 0.3) is 21.9 Å². The van der Waals surface area contributed by atoms with Gasteiger partial charge >= 0.3 is 41.9 Å². The fraction of sp³-hybridized carbons (Fsp3) is 0.321. The maximum atomic E-state index is 3.36. The predicted octanol–water partition coefficient (Wildman–Crippen LogP) is 9.19. The monoisotopic (exact) mass is 560 g/mol. The molecule has 170 valence electrons. The Balaban J connectivity index is 0.000000547. The molecule has 0 heterocycles. The van der Waals surface area contributed by atoms with Gasteiger partial charge in [-0.05, 0) is 13.8 Å². The van der Waals surface area contributed by atoms with E-state index in [0.29, 0.717) is 5.92 Å². The van der Waals surface area contributed by atoms with E-state index in [1.54, 1.807) is 23.3 Å². The topological polar surface area (TPSA) is 0 Å². The van der Waals surface area contributed by atoms with E-state index < -0.39 is 0 Å². The van der Waals surface area contributed by atoms with E-state index in [9.17, 15) is 0 Å². The van der Waals surface area contributed by atoms with Crippen molar-refractivity contribution in [1.29, 1.82) is 0 Å². The summed E-state index contributed by atoms with van der Waals surface area (Å²) in [4.78, 5) is 0. The van der Waals surface area contributed by atoms with Gasteiger partial charge in [-0.25, -0.2) is 5.57 Å². The molecule has 32 heavy (non-hydrogen) atoms. The molecular formula is C28H36Cl2SiZr. The average Bonchev–Trinajstić information content (AvgIpc) is 3.19. The number of rotatable bonds is 1. The molecule has 1 atom stereocenters. The van der Waals surface area contributed by atoms with Crippen LogP contribution in [0.1, 0.15) is 38.8 Å². The predicted molar refractivity (Wildman–Crippen MR) is 146 cm³/mol. The number of allylic oxidation sites excluding steroid dienone is 4. The molecule has 0 aliphatic heterocycles. The summed E-state index contributed by atoms with van der Waals surface area (Å²) in [5, 5.41) is 2.68. The van der Waals surface area contributed by atoms with Crippen LogP contribution in [0.2, 0.25) is 13.1 Å². The minimum Gasteiger partial charge on any atom is -0.150 e. The summed E-state index contributed by atoms with van der Waals surface area (Å²) in [5.41, 5.74) is 9.89. The Hall–Kier alpha value is -0.790. The Morgan fingerprint density at radius 1 is 0.875 bits per heavy atom. The SMILES string of the molecule is CC1=[C-]C(C)C(C)=C1C.C[Si](C)=[Zr+2].Cc1cccc(C)c1-c1c[cH-]c2ccccc12.Cl.Cl. The number of hydrogen-bond acceptors (Lipinski definition) is 0. The van der Waals surface area contributed by atoms with Crippen molar-refractivity contribution >= 4 is 41.0 Å². The Morgan fingerprint density at radius 2 is 1.41 bits per heavy atom. The van der Waals surface area contributed by atoms with Crippen molar-refractivity contribution < 1.29 is 23.3 Å². The Morgan fingerprint density at radius 3 is 1.84 bits per heavy atom. The largest absolute Gasteiger partial charge is 0.150 e. The summed E-state index contributed by atoms with van der Waals surface area (Å²) in [6.07, 6.45) is 3.36. The smallest absolute Gasteiger partial charge is 0.0400 e. The molecule has 0 bridgehead atoms. The molecule has 4 heteroatoms. The van der Waals surface area contributed by atoms with E-state index in [4.69, 9.17) is 0 Å². The van der Waals surface area contributed by atoms with Crippen LogP contribution in [0.4, 0.5) is 0 Å². The third-order valence-electron chi connectivity index (χ3n) is 5.67. The van der Waals surface area contributed by atoms with Gasteiger partial charge in [0.25, 0.3) is 0 Å². The van der Waals surface area contributed by atoms with Crippen molar-refractivity contribution in [2.75, 3.05) is 0 Å². The molecule has 0 radical (unpaired) electrons. The third kappa shape index (κ3) is 8.21. The summed E-state index contributed by atoms with van der Waals surface area (Å²) >= 11 is 1.74. The van der Waals surface area contributed by atoms with Crippen molar-refractivity contribution in [3.8, 4) is 11.1 Å². The summed E-state index contributed by atoms with van der Waals surface area (Å²) < 4.78 is 0. The molecule has 0 aromatic heterocycles. The van der Waals surface area contributed by atoms with E-state index in [2.05, 4.69) is 115 Å². The normalized spacial score (nSPS) is 14.3. The Bertz CT molecular complexity index is 1080. The molecule has 0 spiro atoms. The Kier molecular flexibility index (Phi) is 14.1. The molecule has 0 N–H and O–H groups in total. The first-order valence-electron chi connectivity index (χ1n) is 10.6. The second kappa shape index (κ2) is 14.5. The van der Waals surface area contributed by atoms with Crippen LogP contribution in [0.5, 0.6) is 0 Å². The van der Waals surface area contributed by atoms with Crippen LogP contribution in [0.3, 0.4) is 0 Å². The van der Waals surface area contributed by atoms with Gasteiger partial charge in [-0.15, -0.1) is 78.4 Å². The number of aryl methyl sites for hydroxylation is 2. The zero-order valence-electron chi connectivity index (χ0n) is 20.6. The maximum absolute atomic E-state index is 3.36. The molecule has 1 aliphatic carbocycles. The molecule has 3 aromatic rings. The fourth-order valence-corrected chi connectivity index (χ4v) is 3.77. The molecule has 0 fully saturated rings. The van der Waals surface area contributed by atoms with E-state index in [1.807, 2.05) is 0 Å². The van der Waals surface area contributed by atoms with Gasteiger partial charge in [0.2, 0.25) is 0 Å². The molecule has 1 aliphatic rings. The zero-order chi connectivity index (χ0) is 22.4. The van der Waals surface area contributed by atoms with Gasteiger partial charge in [0.15, 0.2) is 0 Å². The van der Waals surface area contributed by atoms with Crippen molar-refractivity contribution in [3.05, 3.63) is 88.5 Å². The molecule has 0 saturated carbocycles. The zero-order valence-corrected chi connectivity index (χ0v) is 25.7. The van der Waals surface area contributed by atoms with E-state index in [1.165, 1.54) is 49.7 Å². The fourth-order valence-electron chi connectivity index (χ4n) is 3.77. The molecule has 0 nitrogen and oxygen atoms in total. The first-order chi connectivity index (χ1) is 14.1. The number of benzene rings is 2. The van der Waals surface area contributed by atoms with Gasteiger partial charge in [-0.3, -0.25) is 6.08 Å². The maximum Gasteiger partial charge on any atom is -0.0400 e. The van der Waals surface area contributed by atoms with Crippen molar-refractivity contribution in [2.24, 2.45) is 5.92 Å². The minimum atomic E-state index is 0. The van der Waals surface area contributed by atoms with E-state index >= 15 is 0 Å². The van der Waals surface area contributed by atoms with Crippen LogP contribution >= 0.6 is 24.8 Å². The number of hydrogen-bond donors (Lipinski definition) is 0. The van der Waals surface area contributed by atoms with Crippen LogP contribution in [-0.2, 0) is 23.3 Å². The van der Waals surface area contributed by atoms with Crippen LogP contribution in [0.15, 0.2) is 71.3 Å². The van der Waals surface area contributed by atoms with E-state index in [-0.39, 0.29) is 30.2 Å². The molecular weight excluding hydrogens is 527 g/mol. The standard InChI is InChI=1S/C17H15.C9H13.C2H6Si.2ClH.Zr/c1-12-6-5-7-13(2)17(12)16-11-10-14-8-3-4-9-15(14)16;1-6-5-7(2)9(4)8(6)3;1-3-2;;;/h3-11H,1-2H3;6H,1-4H3;1-2H3;2*1H;/q2*-1;;;;+2. The summed E-state index contributed by atoms with van der Waals surface area (Å²) in [6.45, 7) is 17.7. The Labute approximate surface area is 223 Å². The first-order valence-corrected chi connectivity index (χ1v) is 16.8. The quantitative estimate of drug-likeness (QED) is 0.205. The number of halogens is 2.